The predicted octanol–water partition coefficient (Wildman–Crippen LogP) is 2.35. The lowest BCUT2D eigenvalue weighted by atomic mass is 10.0. The molecule has 0 saturated carbocycles. The third-order valence-electron chi connectivity index (χ3n) is 3.84. The average molecular weight is 276 g/mol. The molecule has 2 heterocycles. The van der Waals surface area contributed by atoms with Crippen molar-refractivity contribution in [2.75, 3.05) is 13.2 Å². The van der Waals surface area contributed by atoms with Gasteiger partial charge in [0.05, 0.1) is 11.8 Å². The summed E-state index contributed by atoms with van der Waals surface area (Å²) >= 11 is 0. The summed E-state index contributed by atoms with van der Waals surface area (Å²) in [5.41, 5.74) is 0.117. The Morgan fingerprint density at radius 3 is 3.15 bits per heavy atom. The van der Waals surface area contributed by atoms with E-state index in [0.717, 1.165) is 32.5 Å². The molecule has 4 nitrogen and oxygen atoms in total. The molecule has 0 aliphatic carbocycles. The van der Waals surface area contributed by atoms with Crippen molar-refractivity contribution in [3.05, 3.63) is 40.7 Å². The molecule has 1 aliphatic heterocycles. The maximum Gasteiger partial charge on any atom is 0.264 e. The van der Waals surface area contributed by atoms with Crippen LogP contribution in [-0.2, 0) is 11.3 Å². The van der Waals surface area contributed by atoms with Crippen molar-refractivity contribution in [2.45, 2.75) is 25.8 Å². The first-order valence-electron chi connectivity index (χ1n) is 6.97. The number of benzene rings is 1. The third-order valence-corrected chi connectivity index (χ3v) is 3.84. The molecule has 1 saturated heterocycles. The predicted molar refractivity (Wildman–Crippen MR) is 74.1 cm³/mol. The van der Waals surface area contributed by atoms with E-state index in [1.165, 1.54) is 17.0 Å². The third kappa shape index (κ3) is 2.58. The molecule has 1 aromatic carbocycles. The van der Waals surface area contributed by atoms with E-state index in [-0.39, 0.29) is 10.9 Å². The van der Waals surface area contributed by atoms with Gasteiger partial charge in [-0.15, -0.1) is 0 Å². The van der Waals surface area contributed by atoms with Crippen molar-refractivity contribution in [2.24, 2.45) is 5.92 Å². The van der Waals surface area contributed by atoms with Gasteiger partial charge in [-0.25, -0.2) is 9.37 Å². The Bertz CT molecular complexity index is 662. The van der Waals surface area contributed by atoms with E-state index >= 15 is 0 Å². The Kier molecular flexibility index (Phi) is 3.78. The normalized spacial score (nSPS) is 18.8. The highest BCUT2D eigenvalue weighted by Crippen LogP contribution is 2.18. The number of hydrogen-bond donors (Lipinski definition) is 0. The van der Waals surface area contributed by atoms with Crippen molar-refractivity contribution in [3.8, 4) is 0 Å². The Balaban J connectivity index is 1.76. The van der Waals surface area contributed by atoms with Gasteiger partial charge in [-0.05, 0) is 37.3 Å². The van der Waals surface area contributed by atoms with Crippen LogP contribution in [0.15, 0.2) is 29.3 Å². The molecule has 0 spiro atoms. The van der Waals surface area contributed by atoms with Crippen molar-refractivity contribution in [3.63, 3.8) is 0 Å². The zero-order chi connectivity index (χ0) is 13.9. The molecular weight excluding hydrogens is 259 g/mol. The van der Waals surface area contributed by atoms with Crippen molar-refractivity contribution in [1.29, 1.82) is 0 Å². The first-order valence-corrected chi connectivity index (χ1v) is 6.97. The molecular formula is C15H17FN2O2. The Labute approximate surface area is 116 Å². The molecule has 2 aromatic rings. The summed E-state index contributed by atoms with van der Waals surface area (Å²) in [4.78, 5) is 16.4. The zero-order valence-corrected chi connectivity index (χ0v) is 11.2. The highest BCUT2D eigenvalue weighted by molar-refractivity contribution is 5.77. The van der Waals surface area contributed by atoms with Gasteiger partial charge in [0, 0.05) is 19.8 Å². The highest BCUT2D eigenvalue weighted by Gasteiger charge is 2.15. The minimum atomic E-state index is -0.501. The van der Waals surface area contributed by atoms with Gasteiger partial charge in [-0.3, -0.25) is 9.36 Å². The second-order valence-electron chi connectivity index (χ2n) is 5.25. The lowest BCUT2D eigenvalue weighted by Crippen LogP contribution is -2.22. The highest BCUT2D eigenvalue weighted by atomic mass is 19.1. The van der Waals surface area contributed by atoms with Crippen molar-refractivity contribution in [1.82, 2.24) is 9.55 Å². The average Bonchev–Trinajstić information content (AvgIpc) is 2.95. The van der Waals surface area contributed by atoms with Crippen LogP contribution in [0.25, 0.3) is 10.9 Å². The number of fused-ring (bicyclic) bond motifs is 1. The molecule has 1 aromatic heterocycles. The van der Waals surface area contributed by atoms with E-state index < -0.39 is 5.82 Å². The second kappa shape index (κ2) is 5.71. The molecule has 1 aliphatic rings. The van der Waals surface area contributed by atoms with Crippen LogP contribution in [-0.4, -0.2) is 22.8 Å². The minimum absolute atomic E-state index is 0.0826. The number of ether oxygens (including phenoxy) is 1. The molecule has 0 unspecified atom stereocenters. The van der Waals surface area contributed by atoms with Crippen molar-refractivity contribution >= 4 is 10.9 Å². The van der Waals surface area contributed by atoms with E-state index in [4.69, 9.17) is 4.74 Å². The number of hydrogen-bond acceptors (Lipinski definition) is 3. The summed E-state index contributed by atoms with van der Waals surface area (Å²) in [6.07, 6.45) is 4.52. The fourth-order valence-corrected chi connectivity index (χ4v) is 2.68. The summed E-state index contributed by atoms with van der Waals surface area (Å²) < 4.78 is 20.6. The first kappa shape index (κ1) is 13.2. The van der Waals surface area contributed by atoms with Crippen LogP contribution in [0.1, 0.15) is 19.3 Å². The fraction of sp³-hybridized carbons (Fsp3) is 0.467. The van der Waals surface area contributed by atoms with Gasteiger partial charge in [0.1, 0.15) is 11.2 Å². The van der Waals surface area contributed by atoms with Crippen LogP contribution in [0.4, 0.5) is 4.39 Å². The van der Waals surface area contributed by atoms with Crippen molar-refractivity contribution < 1.29 is 9.13 Å². The van der Waals surface area contributed by atoms with Gasteiger partial charge >= 0.3 is 0 Å². The number of halogens is 1. The smallest absolute Gasteiger partial charge is 0.264 e. The van der Waals surface area contributed by atoms with Gasteiger partial charge in [-0.1, -0.05) is 6.07 Å². The van der Waals surface area contributed by atoms with Gasteiger partial charge in [0.25, 0.3) is 5.56 Å². The van der Waals surface area contributed by atoms with E-state index in [1.54, 1.807) is 12.1 Å². The summed E-state index contributed by atoms with van der Waals surface area (Å²) in [7, 11) is 0. The molecule has 0 radical (unpaired) electrons. The SMILES string of the molecule is O=c1c2c(F)cccc2ncn1CCC[C@H]1CCOC1. The monoisotopic (exact) mass is 276 g/mol. The molecule has 5 heteroatoms. The number of aromatic nitrogens is 2. The van der Waals surface area contributed by atoms with Crippen LogP contribution in [0.2, 0.25) is 0 Å². The van der Waals surface area contributed by atoms with E-state index in [1.807, 2.05) is 0 Å². The Morgan fingerprint density at radius 2 is 2.35 bits per heavy atom. The van der Waals surface area contributed by atoms with Crippen LogP contribution < -0.4 is 5.56 Å². The molecule has 3 rings (SSSR count). The summed E-state index contributed by atoms with van der Waals surface area (Å²) in [6.45, 7) is 2.24. The maximum absolute atomic E-state index is 13.7. The van der Waals surface area contributed by atoms with E-state index in [0.29, 0.717) is 18.0 Å². The summed E-state index contributed by atoms with van der Waals surface area (Å²) in [5, 5.41) is 0.0826. The largest absolute Gasteiger partial charge is 0.381 e. The lowest BCUT2D eigenvalue weighted by Gasteiger charge is -2.09. The molecule has 1 atom stereocenters. The molecule has 1 fully saturated rings. The number of aryl methyl sites for hydroxylation is 1. The van der Waals surface area contributed by atoms with Gasteiger partial charge in [0.2, 0.25) is 0 Å². The van der Waals surface area contributed by atoms with Gasteiger partial charge in [0.15, 0.2) is 0 Å². The zero-order valence-electron chi connectivity index (χ0n) is 11.2. The summed E-state index contributed by atoms with van der Waals surface area (Å²) in [6, 6.07) is 4.51. The first-order chi connectivity index (χ1) is 9.75. The second-order valence-corrected chi connectivity index (χ2v) is 5.25. The fourth-order valence-electron chi connectivity index (χ4n) is 2.68. The maximum atomic E-state index is 13.7. The molecule has 0 amide bonds. The van der Waals surface area contributed by atoms with E-state index in [2.05, 4.69) is 4.98 Å². The quantitative estimate of drug-likeness (QED) is 0.861. The Morgan fingerprint density at radius 1 is 1.45 bits per heavy atom. The summed E-state index contributed by atoms with van der Waals surface area (Å²) in [5.74, 6) is 0.0920. The van der Waals surface area contributed by atoms with Crippen LogP contribution in [0, 0.1) is 11.7 Å². The van der Waals surface area contributed by atoms with Gasteiger partial charge < -0.3 is 4.74 Å². The minimum Gasteiger partial charge on any atom is -0.381 e. The topological polar surface area (TPSA) is 44.1 Å². The lowest BCUT2D eigenvalue weighted by molar-refractivity contribution is 0.183. The molecule has 0 bridgehead atoms. The Hall–Kier alpha value is -1.75. The molecule has 0 N–H and O–H groups in total. The van der Waals surface area contributed by atoms with Crippen LogP contribution in [0.3, 0.4) is 0 Å². The molecule has 106 valence electrons. The van der Waals surface area contributed by atoms with Crippen LogP contribution >= 0.6 is 0 Å². The van der Waals surface area contributed by atoms with Gasteiger partial charge in [-0.2, -0.15) is 0 Å². The standard InChI is InChI=1S/C15H17FN2O2/c16-12-4-1-5-13-14(12)15(19)18(10-17-13)7-2-3-11-6-8-20-9-11/h1,4-5,10-11H,2-3,6-9H2/t11-/m0/s1. The van der Waals surface area contributed by atoms with E-state index in [9.17, 15) is 9.18 Å². The molecule has 20 heavy (non-hydrogen) atoms. The number of nitrogens with zero attached hydrogens (tertiary/aromatic N) is 2. The number of rotatable bonds is 4. The van der Waals surface area contributed by atoms with Crippen LogP contribution in [0.5, 0.6) is 0 Å².